The van der Waals surface area contributed by atoms with Gasteiger partial charge in [0.2, 0.25) is 5.91 Å². The normalized spacial score (nSPS) is 21.8. The largest absolute Gasteiger partial charge is 0.466 e. The van der Waals surface area contributed by atoms with Crippen molar-refractivity contribution >= 4 is 11.8 Å². The Kier molecular flexibility index (Phi) is 5.74. The number of hydrogen-bond acceptors (Lipinski definition) is 3. The molecule has 2 aromatic rings. The van der Waals surface area contributed by atoms with E-state index in [9.17, 15) is 9.59 Å². The SMILES string of the molecule is Cc1ccccc1C(=O)NC1CCN(C(=O)CCc2ccc(C3CC3C)o2)CC1. The lowest BCUT2D eigenvalue weighted by molar-refractivity contribution is -0.132. The van der Waals surface area contributed by atoms with E-state index in [1.54, 1.807) is 0 Å². The number of aryl methyl sites for hydroxylation is 2. The first-order valence-electron chi connectivity index (χ1n) is 10.7. The number of nitrogens with zero attached hydrogens (tertiary/aromatic N) is 1. The number of carbonyl (C=O) groups is 2. The first-order valence-corrected chi connectivity index (χ1v) is 10.7. The standard InChI is InChI=1S/C24H30N2O3/c1-16-5-3-4-6-20(16)24(28)25-18-11-13-26(14-12-18)23(27)10-8-19-7-9-22(29-19)21-15-17(21)2/h3-7,9,17-18,21H,8,10-15H2,1-2H3,(H,25,28). The molecule has 29 heavy (non-hydrogen) atoms. The fourth-order valence-corrected chi connectivity index (χ4v) is 4.20. The fourth-order valence-electron chi connectivity index (χ4n) is 4.20. The maximum atomic E-state index is 12.6. The number of rotatable bonds is 6. The maximum absolute atomic E-state index is 12.6. The van der Waals surface area contributed by atoms with Gasteiger partial charge in [0.05, 0.1) is 0 Å². The summed E-state index contributed by atoms with van der Waals surface area (Å²) in [5, 5.41) is 3.12. The molecule has 1 aliphatic carbocycles. The minimum Gasteiger partial charge on any atom is -0.466 e. The summed E-state index contributed by atoms with van der Waals surface area (Å²) in [5.74, 6) is 3.44. The first-order chi connectivity index (χ1) is 14.0. The van der Waals surface area contributed by atoms with Gasteiger partial charge in [0.25, 0.3) is 5.91 Å². The summed E-state index contributed by atoms with van der Waals surface area (Å²) in [5.41, 5.74) is 1.71. The van der Waals surface area contributed by atoms with E-state index in [1.165, 1.54) is 6.42 Å². The van der Waals surface area contributed by atoms with Gasteiger partial charge in [-0.2, -0.15) is 0 Å². The van der Waals surface area contributed by atoms with Crippen LogP contribution >= 0.6 is 0 Å². The third kappa shape index (κ3) is 4.72. The highest BCUT2D eigenvalue weighted by Gasteiger charge is 2.36. The van der Waals surface area contributed by atoms with Crippen molar-refractivity contribution in [3.8, 4) is 0 Å². The molecule has 2 amide bonds. The van der Waals surface area contributed by atoms with E-state index < -0.39 is 0 Å². The van der Waals surface area contributed by atoms with Crippen molar-refractivity contribution in [2.24, 2.45) is 5.92 Å². The molecule has 1 saturated heterocycles. The van der Waals surface area contributed by atoms with Gasteiger partial charge in [-0.15, -0.1) is 0 Å². The van der Waals surface area contributed by atoms with Crippen LogP contribution < -0.4 is 5.32 Å². The zero-order valence-corrected chi connectivity index (χ0v) is 17.3. The molecule has 2 fully saturated rings. The van der Waals surface area contributed by atoms with Crippen LogP contribution in [0.25, 0.3) is 0 Å². The molecule has 154 valence electrons. The molecule has 0 bridgehead atoms. The highest BCUT2D eigenvalue weighted by molar-refractivity contribution is 5.95. The van der Waals surface area contributed by atoms with E-state index in [2.05, 4.69) is 18.3 Å². The van der Waals surface area contributed by atoms with Crippen LogP contribution in [0.2, 0.25) is 0 Å². The molecule has 5 nitrogen and oxygen atoms in total. The van der Waals surface area contributed by atoms with Crippen molar-refractivity contribution in [1.29, 1.82) is 0 Å². The summed E-state index contributed by atoms with van der Waals surface area (Å²) in [4.78, 5) is 27.0. The predicted octanol–water partition coefficient (Wildman–Crippen LogP) is 4.07. The van der Waals surface area contributed by atoms with Crippen molar-refractivity contribution in [3.63, 3.8) is 0 Å². The Morgan fingerprint density at radius 3 is 2.55 bits per heavy atom. The topological polar surface area (TPSA) is 62.6 Å². The predicted molar refractivity (Wildman–Crippen MR) is 112 cm³/mol. The molecule has 1 aromatic carbocycles. The summed E-state index contributed by atoms with van der Waals surface area (Å²) in [6.45, 7) is 5.58. The Hall–Kier alpha value is -2.56. The quantitative estimate of drug-likeness (QED) is 0.803. The van der Waals surface area contributed by atoms with Gasteiger partial charge in [-0.1, -0.05) is 25.1 Å². The molecular formula is C24H30N2O3. The number of piperidine rings is 1. The second-order valence-electron chi connectivity index (χ2n) is 8.57. The molecule has 2 heterocycles. The van der Waals surface area contributed by atoms with E-state index in [0.29, 0.717) is 31.8 Å². The Morgan fingerprint density at radius 2 is 1.86 bits per heavy atom. The van der Waals surface area contributed by atoms with E-state index in [-0.39, 0.29) is 17.9 Å². The molecule has 0 spiro atoms. The second kappa shape index (κ2) is 8.44. The fraction of sp³-hybridized carbons (Fsp3) is 0.500. The average molecular weight is 395 g/mol. The Labute approximate surface area is 172 Å². The van der Waals surface area contributed by atoms with Crippen LogP contribution in [-0.4, -0.2) is 35.8 Å². The van der Waals surface area contributed by atoms with Gasteiger partial charge in [0.15, 0.2) is 0 Å². The van der Waals surface area contributed by atoms with Gasteiger partial charge < -0.3 is 14.6 Å². The lowest BCUT2D eigenvalue weighted by Crippen LogP contribution is -2.46. The number of carbonyl (C=O) groups excluding carboxylic acids is 2. The minimum atomic E-state index is -0.0218. The molecule has 0 radical (unpaired) electrons. The Balaban J connectivity index is 1.21. The van der Waals surface area contributed by atoms with Crippen LogP contribution in [-0.2, 0) is 11.2 Å². The second-order valence-corrected chi connectivity index (χ2v) is 8.57. The summed E-state index contributed by atoms with van der Waals surface area (Å²) >= 11 is 0. The average Bonchev–Trinajstić information content (AvgIpc) is 3.26. The molecule has 4 rings (SSSR count). The molecule has 1 N–H and O–H groups in total. The van der Waals surface area contributed by atoms with Gasteiger partial charge in [0, 0.05) is 43.5 Å². The van der Waals surface area contributed by atoms with Gasteiger partial charge >= 0.3 is 0 Å². The summed E-state index contributed by atoms with van der Waals surface area (Å²) in [6.07, 6.45) is 3.94. The third-order valence-electron chi connectivity index (χ3n) is 6.32. The number of hydrogen-bond donors (Lipinski definition) is 1. The van der Waals surface area contributed by atoms with Gasteiger partial charge in [-0.25, -0.2) is 0 Å². The van der Waals surface area contributed by atoms with Crippen molar-refractivity contribution in [2.75, 3.05) is 13.1 Å². The Morgan fingerprint density at radius 1 is 1.14 bits per heavy atom. The molecule has 5 heteroatoms. The third-order valence-corrected chi connectivity index (χ3v) is 6.32. The molecule has 2 aliphatic rings. The van der Waals surface area contributed by atoms with Crippen molar-refractivity contribution < 1.29 is 14.0 Å². The van der Waals surface area contributed by atoms with Crippen molar-refractivity contribution in [2.45, 2.75) is 57.9 Å². The first kappa shape index (κ1) is 19.7. The van der Waals surface area contributed by atoms with E-state index in [4.69, 9.17) is 4.42 Å². The van der Waals surface area contributed by atoms with E-state index in [1.807, 2.05) is 42.2 Å². The van der Waals surface area contributed by atoms with Crippen LogP contribution in [0.4, 0.5) is 0 Å². The van der Waals surface area contributed by atoms with Crippen LogP contribution in [0, 0.1) is 12.8 Å². The zero-order chi connectivity index (χ0) is 20.4. The monoisotopic (exact) mass is 394 g/mol. The lowest BCUT2D eigenvalue weighted by Gasteiger charge is -2.32. The number of nitrogens with one attached hydrogen (secondary N) is 1. The molecular weight excluding hydrogens is 364 g/mol. The minimum absolute atomic E-state index is 0.0218. The summed E-state index contributed by atoms with van der Waals surface area (Å²) in [7, 11) is 0. The smallest absolute Gasteiger partial charge is 0.251 e. The summed E-state index contributed by atoms with van der Waals surface area (Å²) < 4.78 is 5.91. The zero-order valence-electron chi connectivity index (χ0n) is 17.3. The highest BCUT2D eigenvalue weighted by Crippen LogP contribution is 2.47. The molecule has 1 saturated carbocycles. The highest BCUT2D eigenvalue weighted by atomic mass is 16.3. The van der Waals surface area contributed by atoms with Gasteiger partial charge in [0.1, 0.15) is 11.5 Å². The van der Waals surface area contributed by atoms with Gasteiger partial charge in [-0.05, 0) is 55.9 Å². The van der Waals surface area contributed by atoms with Crippen molar-refractivity contribution in [3.05, 3.63) is 59.0 Å². The van der Waals surface area contributed by atoms with E-state index >= 15 is 0 Å². The molecule has 1 aliphatic heterocycles. The van der Waals surface area contributed by atoms with Crippen LogP contribution in [0.3, 0.4) is 0 Å². The van der Waals surface area contributed by atoms with E-state index in [0.717, 1.165) is 41.4 Å². The number of amides is 2. The van der Waals surface area contributed by atoms with Crippen LogP contribution in [0.1, 0.15) is 66.0 Å². The Bertz CT molecular complexity index is 880. The number of likely N-dealkylation sites (tertiary alicyclic amines) is 1. The lowest BCUT2D eigenvalue weighted by atomic mass is 10.0. The van der Waals surface area contributed by atoms with Crippen molar-refractivity contribution in [1.82, 2.24) is 10.2 Å². The molecule has 2 atom stereocenters. The number of furan rings is 1. The van der Waals surface area contributed by atoms with Gasteiger partial charge in [-0.3, -0.25) is 9.59 Å². The summed E-state index contributed by atoms with van der Waals surface area (Å²) in [6, 6.07) is 11.8. The van der Waals surface area contributed by atoms with Crippen LogP contribution in [0.15, 0.2) is 40.8 Å². The van der Waals surface area contributed by atoms with Crippen LogP contribution in [0.5, 0.6) is 0 Å². The number of benzene rings is 1. The molecule has 1 aromatic heterocycles. The maximum Gasteiger partial charge on any atom is 0.251 e. The molecule has 2 unspecified atom stereocenters.